The Kier molecular flexibility index (Phi) is 4.67. The molecule has 2 aromatic carbocycles. The average molecular weight is 335 g/mol. The fourth-order valence-corrected chi connectivity index (χ4v) is 2.92. The smallest absolute Gasteiger partial charge is 0.255 e. The van der Waals surface area contributed by atoms with Crippen LogP contribution < -0.4 is 10.6 Å². The molecule has 3 rings (SSSR count). The number of amides is 1. The molecule has 22 heavy (non-hydrogen) atoms. The van der Waals surface area contributed by atoms with Crippen molar-refractivity contribution in [2.75, 3.05) is 18.4 Å². The Bertz CT molecular complexity index is 680. The van der Waals surface area contributed by atoms with Gasteiger partial charge >= 0.3 is 0 Å². The van der Waals surface area contributed by atoms with Crippen LogP contribution in [0.3, 0.4) is 0 Å². The Hall–Kier alpha value is -1.55. The van der Waals surface area contributed by atoms with Crippen LogP contribution in [-0.2, 0) is 0 Å². The van der Waals surface area contributed by atoms with E-state index in [0.29, 0.717) is 21.5 Å². The average Bonchev–Trinajstić information content (AvgIpc) is 3.05. The van der Waals surface area contributed by atoms with Crippen LogP contribution in [0.15, 0.2) is 42.5 Å². The lowest BCUT2D eigenvalue weighted by atomic mass is 9.98. The van der Waals surface area contributed by atoms with Crippen molar-refractivity contribution in [2.24, 2.45) is 0 Å². The van der Waals surface area contributed by atoms with Gasteiger partial charge in [0.15, 0.2) is 0 Å². The summed E-state index contributed by atoms with van der Waals surface area (Å²) in [6.45, 7) is 2.09. The minimum atomic E-state index is -0.200. The zero-order chi connectivity index (χ0) is 15.5. The molecule has 1 unspecified atom stereocenters. The number of carbonyl (C=O) groups excluding carboxylic acids is 1. The Morgan fingerprint density at radius 2 is 1.86 bits per heavy atom. The number of hydrogen-bond acceptors (Lipinski definition) is 2. The first-order valence-corrected chi connectivity index (χ1v) is 7.96. The second-order valence-corrected chi connectivity index (χ2v) is 6.21. The van der Waals surface area contributed by atoms with Gasteiger partial charge in [-0.1, -0.05) is 35.3 Å². The number of nitrogens with one attached hydrogen (secondary N) is 2. The number of benzene rings is 2. The van der Waals surface area contributed by atoms with E-state index in [4.69, 9.17) is 23.2 Å². The van der Waals surface area contributed by atoms with Gasteiger partial charge in [-0.3, -0.25) is 4.79 Å². The molecule has 1 aliphatic heterocycles. The Balaban J connectivity index is 1.69. The predicted octanol–water partition coefficient (Wildman–Crippen LogP) is 4.32. The molecule has 1 saturated heterocycles. The number of hydrogen-bond donors (Lipinski definition) is 2. The summed E-state index contributed by atoms with van der Waals surface area (Å²) in [5.74, 6) is 0.369. The number of halogens is 2. The van der Waals surface area contributed by atoms with Crippen molar-refractivity contribution >= 4 is 34.8 Å². The third kappa shape index (κ3) is 3.43. The second kappa shape index (κ2) is 6.69. The molecule has 1 heterocycles. The van der Waals surface area contributed by atoms with Gasteiger partial charge in [-0.2, -0.15) is 0 Å². The van der Waals surface area contributed by atoms with Gasteiger partial charge < -0.3 is 10.6 Å². The van der Waals surface area contributed by atoms with E-state index in [1.807, 2.05) is 12.1 Å². The third-order valence-corrected chi connectivity index (χ3v) is 4.62. The van der Waals surface area contributed by atoms with Gasteiger partial charge in [-0.15, -0.1) is 0 Å². The minimum absolute atomic E-state index is 0.200. The van der Waals surface area contributed by atoms with E-state index in [0.717, 1.165) is 25.2 Å². The molecular formula is C17H16Cl2N2O. The van der Waals surface area contributed by atoms with Crippen LogP contribution in [0.25, 0.3) is 0 Å². The van der Waals surface area contributed by atoms with Crippen molar-refractivity contribution in [2.45, 2.75) is 12.3 Å². The molecule has 1 atom stereocenters. The van der Waals surface area contributed by atoms with E-state index in [2.05, 4.69) is 22.8 Å². The lowest BCUT2D eigenvalue weighted by molar-refractivity contribution is 0.102. The van der Waals surface area contributed by atoms with Gasteiger partial charge in [-0.05, 0) is 54.8 Å². The standard InChI is InChI=1S/C17H16Cl2N2O/c18-15-6-3-12(9-16(15)19)17(22)21-14-4-1-11(2-5-14)13-7-8-20-10-13/h1-6,9,13,20H,7-8,10H2,(H,21,22). The Labute approximate surface area is 139 Å². The van der Waals surface area contributed by atoms with Crippen LogP contribution in [0.4, 0.5) is 5.69 Å². The first-order chi connectivity index (χ1) is 10.6. The van der Waals surface area contributed by atoms with Crippen molar-refractivity contribution in [1.29, 1.82) is 0 Å². The molecule has 0 spiro atoms. The van der Waals surface area contributed by atoms with E-state index >= 15 is 0 Å². The molecule has 0 saturated carbocycles. The fraction of sp³-hybridized carbons (Fsp3) is 0.235. The molecule has 1 aliphatic rings. The van der Waals surface area contributed by atoms with E-state index in [9.17, 15) is 4.79 Å². The lowest BCUT2D eigenvalue weighted by Gasteiger charge is -2.10. The zero-order valence-corrected chi connectivity index (χ0v) is 13.4. The van der Waals surface area contributed by atoms with Crippen molar-refractivity contribution in [3.05, 3.63) is 63.6 Å². The van der Waals surface area contributed by atoms with Crippen LogP contribution in [0.1, 0.15) is 28.3 Å². The predicted molar refractivity (Wildman–Crippen MR) is 91.1 cm³/mol. The maximum atomic E-state index is 12.2. The second-order valence-electron chi connectivity index (χ2n) is 5.39. The number of anilines is 1. The van der Waals surface area contributed by atoms with E-state index in [1.165, 1.54) is 5.56 Å². The van der Waals surface area contributed by atoms with E-state index in [1.54, 1.807) is 18.2 Å². The highest BCUT2D eigenvalue weighted by Crippen LogP contribution is 2.25. The minimum Gasteiger partial charge on any atom is -0.322 e. The summed E-state index contributed by atoms with van der Waals surface area (Å²) in [6.07, 6.45) is 1.16. The van der Waals surface area contributed by atoms with Gasteiger partial charge in [-0.25, -0.2) is 0 Å². The van der Waals surface area contributed by atoms with Crippen molar-refractivity contribution in [3.8, 4) is 0 Å². The number of carbonyl (C=O) groups is 1. The van der Waals surface area contributed by atoms with Gasteiger partial charge in [0, 0.05) is 17.8 Å². The van der Waals surface area contributed by atoms with Crippen molar-refractivity contribution in [3.63, 3.8) is 0 Å². The van der Waals surface area contributed by atoms with Gasteiger partial charge in [0.25, 0.3) is 5.91 Å². The van der Waals surface area contributed by atoms with Crippen LogP contribution >= 0.6 is 23.2 Å². The summed E-state index contributed by atoms with van der Waals surface area (Å²) >= 11 is 11.8. The molecule has 1 amide bonds. The summed E-state index contributed by atoms with van der Waals surface area (Å²) in [4.78, 5) is 12.2. The van der Waals surface area contributed by atoms with Gasteiger partial charge in [0.05, 0.1) is 10.0 Å². The molecule has 0 bridgehead atoms. The highest BCUT2D eigenvalue weighted by Gasteiger charge is 2.16. The number of rotatable bonds is 3. The fourth-order valence-electron chi connectivity index (χ4n) is 2.62. The van der Waals surface area contributed by atoms with Crippen LogP contribution in [0.5, 0.6) is 0 Å². The van der Waals surface area contributed by atoms with Crippen molar-refractivity contribution in [1.82, 2.24) is 5.32 Å². The monoisotopic (exact) mass is 334 g/mol. The first kappa shape index (κ1) is 15.3. The maximum absolute atomic E-state index is 12.2. The summed E-state index contributed by atoms with van der Waals surface area (Å²) < 4.78 is 0. The van der Waals surface area contributed by atoms with Crippen LogP contribution in [0, 0.1) is 0 Å². The Morgan fingerprint density at radius 1 is 1.09 bits per heavy atom. The van der Waals surface area contributed by atoms with E-state index in [-0.39, 0.29) is 5.91 Å². The molecule has 3 nitrogen and oxygen atoms in total. The molecule has 2 aromatic rings. The molecule has 5 heteroatoms. The summed E-state index contributed by atoms with van der Waals surface area (Å²) in [7, 11) is 0. The van der Waals surface area contributed by atoms with Gasteiger partial charge in [0.1, 0.15) is 0 Å². The molecule has 2 N–H and O–H groups in total. The highest BCUT2D eigenvalue weighted by atomic mass is 35.5. The molecule has 114 valence electrons. The van der Waals surface area contributed by atoms with E-state index < -0.39 is 0 Å². The SMILES string of the molecule is O=C(Nc1ccc(C2CCNC2)cc1)c1ccc(Cl)c(Cl)c1. The molecule has 1 fully saturated rings. The Morgan fingerprint density at radius 3 is 2.50 bits per heavy atom. The first-order valence-electron chi connectivity index (χ1n) is 7.20. The largest absolute Gasteiger partial charge is 0.322 e. The topological polar surface area (TPSA) is 41.1 Å². The maximum Gasteiger partial charge on any atom is 0.255 e. The summed E-state index contributed by atoms with van der Waals surface area (Å²) in [6, 6.07) is 12.9. The summed E-state index contributed by atoms with van der Waals surface area (Å²) in [5, 5.41) is 7.03. The molecule has 0 aromatic heterocycles. The highest BCUT2D eigenvalue weighted by molar-refractivity contribution is 6.42. The molecular weight excluding hydrogens is 319 g/mol. The van der Waals surface area contributed by atoms with Crippen LogP contribution in [-0.4, -0.2) is 19.0 Å². The third-order valence-electron chi connectivity index (χ3n) is 3.88. The van der Waals surface area contributed by atoms with Gasteiger partial charge in [0.2, 0.25) is 0 Å². The quantitative estimate of drug-likeness (QED) is 0.877. The zero-order valence-electron chi connectivity index (χ0n) is 11.9. The molecule has 0 radical (unpaired) electrons. The normalized spacial score (nSPS) is 17.5. The molecule has 0 aliphatic carbocycles. The van der Waals surface area contributed by atoms with Crippen molar-refractivity contribution < 1.29 is 4.79 Å². The van der Waals surface area contributed by atoms with Crippen LogP contribution in [0.2, 0.25) is 10.0 Å². The lowest BCUT2D eigenvalue weighted by Crippen LogP contribution is -2.12. The summed E-state index contributed by atoms with van der Waals surface area (Å²) in [5.41, 5.74) is 2.56.